The van der Waals surface area contributed by atoms with Gasteiger partial charge in [0.25, 0.3) is 5.91 Å². The quantitative estimate of drug-likeness (QED) is 0.574. The maximum Gasteiger partial charge on any atom is 0.359 e. The Morgan fingerprint density at radius 2 is 1.84 bits per heavy atom. The summed E-state index contributed by atoms with van der Waals surface area (Å²) < 4.78 is 10.4. The molecular weight excluding hydrogens is 396 g/mol. The zero-order valence-electron chi connectivity index (χ0n) is 16.8. The van der Waals surface area contributed by atoms with E-state index in [9.17, 15) is 9.59 Å². The number of benzene rings is 2. The second-order valence-corrected chi connectivity index (χ2v) is 6.81. The smallest absolute Gasteiger partial charge is 0.359 e. The number of esters is 1. The predicted octanol–water partition coefficient (Wildman–Crippen LogP) is 3.02. The van der Waals surface area contributed by atoms with Crippen molar-refractivity contribution < 1.29 is 19.1 Å². The third kappa shape index (κ3) is 4.58. The number of amides is 1. The standard InChI is InChI=1S/C23H20N4O4/c1-30-18-9-7-17(8-10-18)21-13-19(16-5-3-2-4-6-16)26-27(21)22(28)15-31-23(29)20-14-24-11-12-25-20/h2-12,14,21H,13,15H2,1H3. The van der Waals surface area contributed by atoms with Crippen molar-refractivity contribution >= 4 is 17.6 Å². The Morgan fingerprint density at radius 3 is 2.52 bits per heavy atom. The largest absolute Gasteiger partial charge is 0.497 e. The van der Waals surface area contributed by atoms with Crippen LogP contribution in [0, 0.1) is 0 Å². The number of hydrogen-bond acceptors (Lipinski definition) is 7. The monoisotopic (exact) mass is 416 g/mol. The molecule has 1 atom stereocenters. The lowest BCUT2D eigenvalue weighted by molar-refractivity contribution is -0.136. The molecule has 0 fully saturated rings. The number of rotatable bonds is 6. The van der Waals surface area contributed by atoms with Crippen LogP contribution in [0.4, 0.5) is 0 Å². The van der Waals surface area contributed by atoms with Crippen LogP contribution in [0.5, 0.6) is 5.75 Å². The molecule has 0 bridgehead atoms. The van der Waals surface area contributed by atoms with Gasteiger partial charge >= 0.3 is 5.97 Å². The molecule has 4 rings (SSSR count). The third-order valence-electron chi connectivity index (χ3n) is 4.87. The number of ether oxygens (including phenoxy) is 2. The molecule has 1 aliphatic rings. The molecule has 8 nitrogen and oxygen atoms in total. The van der Waals surface area contributed by atoms with Gasteiger partial charge < -0.3 is 9.47 Å². The van der Waals surface area contributed by atoms with Crippen molar-refractivity contribution in [1.29, 1.82) is 0 Å². The van der Waals surface area contributed by atoms with E-state index >= 15 is 0 Å². The highest BCUT2D eigenvalue weighted by Crippen LogP contribution is 2.33. The molecule has 0 spiro atoms. The van der Waals surface area contributed by atoms with Crippen LogP contribution in [0.1, 0.15) is 34.1 Å². The Morgan fingerprint density at radius 1 is 1.06 bits per heavy atom. The summed E-state index contributed by atoms with van der Waals surface area (Å²) in [5.74, 6) is -0.417. The normalized spacial score (nSPS) is 15.3. The Labute approximate surface area is 179 Å². The molecule has 1 aliphatic heterocycles. The van der Waals surface area contributed by atoms with Gasteiger partial charge in [-0.15, -0.1) is 0 Å². The zero-order chi connectivity index (χ0) is 21.6. The molecule has 1 aromatic heterocycles. The van der Waals surface area contributed by atoms with Gasteiger partial charge in [-0.25, -0.2) is 14.8 Å². The highest BCUT2D eigenvalue weighted by atomic mass is 16.5. The van der Waals surface area contributed by atoms with E-state index in [1.54, 1.807) is 7.11 Å². The summed E-state index contributed by atoms with van der Waals surface area (Å²) in [5.41, 5.74) is 2.67. The summed E-state index contributed by atoms with van der Waals surface area (Å²) in [6.45, 7) is -0.451. The topological polar surface area (TPSA) is 94.0 Å². The van der Waals surface area contributed by atoms with Crippen molar-refractivity contribution in [2.45, 2.75) is 12.5 Å². The summed E-state index contributed by atoms with van der Waals surface area (Å²) in [6, 6.07) is 16.8. The lowest BCUT2D eigenvalue weighted by Gasteiger charge is -2.22. The van der Waals surface area contributed by atoms with Crippen molar-refractivity contribution in [3.63, 3.8) is 0 Å². The highest BCUT2D eigenvalue weighted by molar-refractivity contribution is 6.03. The van der Waals surface area contributed by atoms with E-state index < -0.39 is 18.5 Å². The molecule has 3 aromatic rings. The Balaban J connectivity index is 1.54. The molecule has 0 aliphatic carbocycles. The number of aromatic nitrogens is 2. The zero-order valence-corrected chi connectivity index (χ0v) is 16.8. The fourth-order valence-corrected chi connectivity index (χ4v) is 3.30. The average Bonchev–Trinajstić information content (AvgIpc) is 3.29. The first-order valence-corrected chi connectivity index (χ1v) is 9.68. The van der Waals surface area contributed by atoms with Crippen LogP contribution in [-0.2, 0) is 9.53 Å². The van der Waals surface area contributed by atoms with Crippen LogP contribution >= 0.6 is 0 Å². The lowest BCUT2D eigenvalue weighted by atomic mass is 9.98. The molecule has 0 saturated heterocycles. The summed E-state index contributed by atoms with van der Waals surface area (Å²) >= 11 is 0. The second-order valence-electron chi connectivity index (χ2n) is 6.81. The van der Waals surface area contributed by atoms with Crippen molar-refractivity contribution in [1.82, 2.24) is 15.0 Å². The van der Waals surface area contributed by atoms with Crippen molar-refractivity contribution in [2.24, 2.45) is 5.10 Å². The predicted molar refractivity (Wildman–Crippen MR) is 112 cm³/mol. The summed E-state index contributed by atoms with van der Waals surface area (Å²) in [5, 5.41) is 5.94. The van der Waals surface area contributed by atoms with E-state index in [0.29, 0.717) is 6.42 Å². The maximum atomic E-state index is 12.9. The number of hydrogen-bond donors (Lipinski definition) is 0. The number of hydrazone groups is 1. The summed E-state index contributed by atoms with van der Waals surface area (Å²) in [4.78, 5) is 32.8. The van der Waals surface area contributed by atoms with Crippen LogP contribution in [-0.4, -0.2) is 46.3 Å². The Bertz CT molecular complexity index is 1090. The molecule has 0 radical (unpaired) electrons. The fourth-order valence-electron chi connectivity index (χ4n) is 3.30. The van der Waals surface area contributed by atoms with Crippen LogP contribution in [0.15, 0.2) is 78.3 Å². The molecule has 2 aromatic carbocycles. The molecule has 31 heavy (non-hydrogen) atoms. The van der Waals surface area contributed by atoms with Gasteiger partial charge in [0.2, 0.25) is 0 Å². The van der Waals surface area contributed by atoms with E-state index in [0.717, 1.165) is 22.6 Å². The summed E-state index contributed by atoms with van der Waals surface area (Å²) in [7, 11) is 1.60. The molecule has 1 unspecified atom stereocenters. The fraction of sp³-hybridized carbons (Fsp3) is 0.174. The third-order valence-corrected chi connectivity index (χ3v) is 4.87. The van der Waals surface area contributed by atoms with Crippen molar-refractivity contribution in [3.05, 3.63) is 90.0 Å². The van der Waals surface area contributed by atoms with Gasteiger partial charge in [0.1, 0.15) is 5.75 Å². The first kappa shape index (κ1) is 20.2. The SMILES string of the molecule is COc1ccc(C2CC(c3ccccc3)=NN2C(=O)COC(=O)c2cnccn2)cc1. The maximum absolute atomic E-state index is 12.9. The van der Waals surface area contributed by atoms with Gasteiger partial charge in [-0.2, -0.15) is 5.10 Å². The molecule has 156 valence electrons. The average molecular weight is 416 g/mol. The summed E-state index contributed by atoms with van der Waals surface area (Å²) in [6.07, 6.45) is 4.66. The van der Waals surface area contributed by atoms with E-state index in [1.807, 2.05) is 54.6 Å². The lowest BCUT2D eigenvalue weighted by Crippen LogP contribution is -2.31. The molecule has 0 saturated carbocycles. The van der Waals surface area contributed by atoms with Crippen molar-refractivity contribution in [3.8, 4) is 5.75 Å². The van der Waals surface area contributed by atoms with Crippen LogP contribution in [0.3, 0.4) is 0 Å². The van der Waals surface area contributed by atoms with Crippen LogP contribution in [0.25, 0.3) is 0 Å². The first-order valence-electron chi connectivity index (χ1n) is 9.68. The van der Waals surface area contributed by atoms with Crippen LogP contribution < -0.4 is 4.74 Å². The van der Waals surface area contributed by atoms with E-state index in [2.05, 4.69) is 15.1 Å². The number of methoxy groups -OCH3 is 1. The number of carbonyl (C=O) groups excluding carboxylic acids is 2. The highest BCUT2D eigenvalue weighted by Gasteiger charge is 2.33. The molecular formula is C23H20N4O4. The molecule has 2 heterocycles. The van der Waals surface area contributed by atoms with Crippen LogP contribution in [0.2, 0.25) is 0 Å². The van der Waals surface area contributed by atoms with Crippen molar-refractivity contribution in [2.75, 3.05) is 13.7 Å². The van der Waals surface area contributed by atoms with E-state index in [-0.39, 0.29) is 11.7 Å². The van der Waals surface area contributed by atoms with Gasteiger partial charge in [-0.05, 0) is 23.3 Å². The van der Waals surface area contributed by atoms with E-state index in [1.165, 1.54) is 23.6 Å². The second kappa shape index (κ2) is 9.17. The van der Waals surface area contributed by atoms with E-state index in [4.69, 9.17) is 9.47 Å². The number of nitrogens with zero attached hydrogens (tertiary/aromatic N) is 4. The Hall–Kier alpha value is -4.07. The molecule has 1 amide bonds. The van der Waals surface area contributed by atoms with Gasteiger partial charge in [-0.1, -0.05) is 42.5 Å². The minimum atomic E-state index is -0.714. The molecule has 8 heteroatoms. The van der Waals surface area contributed by atoms with Gasteiger partial charge in [-0.3, -0.25) is 9.78 Å². The van der Waals surface area contributed by atoms with Gasteiger partial charge in [0.05, 0.1) is 25.1 Å². The first-order chi connectivity index (χ1) is 15.2. The minimum Gasteiger partial charge on any atom is -0.497 e. The molecule has 0 N–H and O–H groups in total. The number of carbonyl (C=O) groups is 2. The van der Waals surface area contributed by atoms with Gasteiger partial charge in [0.15, 0.2) is 12.3 Å². The Kier molecular flexibility index (Phi) is 5.98. The van der Waals surface area contributed by atoms with Gasteiger partial charge in [0, 0.05) is 18.8 Å². The minimum absolute atomic E-state index is 0.0388.